The minimum atomic E-state index is -0.126. The van der Waals surface area contributed by atoms with Crippen molar-refractivity contribution in [3.63, 3.8) is 0 Å². The van der Waals surface area contributed by atoms with Crippen LogP contribution in [0.2, 0.25) is 5.02 Å². The Morgan fingerprint density at radius 2 is 2.05 bits per heavy atom. The van der Waals surface area contributed by atoms with Crippen LogP contribution >= 0.6 is 11.6 Å². The molecule has 0 unspecified atom stereocenters. The van der Waals surface area contributed by atoms with Crippen molar-refractivity contribution < 1.29 is 4.79 Å². The molecule has 0 radical (unpaired) electrons. The normalized spacial score (nSPS) is 10.7. The van der Waals surface area contributed by atoms with Crippen LogP contribution in [-0.2, 0) is 6.54 Å². The largest absolute Gasteiger partial charge is 0.348 e. The lowest BCUT2D eigenvalue weighted by Gasteiger charge is -2.04. The van der Waals surface area contributed by atoms with Crippen molar-refractivity contribution in [2.24, 2.45) is 0 Å². The minimum absolute atomic E-state index is 0.126. The number of hydrogen-bond donors (Lipinski definition) is 2. The third kappa shape index (κ3) is 2.51. The number of carbonyl (C=O) groups excluding carboxylic acids is 1. The van der Waals surface area contributed by atoms with Crippen LogP contribution in [0, 0.1) is 0 Å². The predicted octanol–water partition coefficient (Wildman–Crippen LogP) is 3.15. The molecule has 5 heteroatoms. The SMILES string of the molecule is O=C(NCc1ccc(Cl)cc1)c1c[nH]c2ncccc12. The Kier molecular flexibility index (Phi) is 3.39. The van der Waals surface area contributed by atoms with Gasteiger partial charge in [-0.1, -0.05) is 23.7 Å². The van der Waals surface area contributed by atoms with Gasteiger partial charge in [0.2, 0.25) is 0 Å². The molecule has 0 saturated carbocycles. The second kappa shape index (κ2) is 5.35. The van der Waals surface area contributed by atoms with E-state index in [0.717, 1.165) is 10.9 Å². The van der Waals surface area contributed by atoms with Crippen LogP contribution in [0.1, 0.15) is 15.9 Å². The van der Waals surface area contributed by atoms with Crippen molar-refractivity contribution in [2.75, 3.05) is 0 Å². The third-order valence-corrected chi connectivity index (χ3v) is 3.31. The average Bonchev–Trinajstić information content (AvgIpc) is 2.90. The number of nitrogens with one attached hydrogen (secondary N) is 2. The van der Waals surface area contributed by atoms with E-state index < -0.39 is 0 Å². The summed E-state index contributed by atoms with van der Waals surface area (Å²) in [6.45, 7) is 0.461. The second-order valence-electron chi connectivity index (χ2n) is 4.41. The van der Waals surface area contributed by atoms with Crippen molar-refractivity contribution in [3.05, 3.63) is 64.9 Å². The Balaban J connectivity index is 1.75. The maximum Gasteiger partial charge on any atom is 0.253 e. The zero-order valence-corrected chi connectivity index (χ0v) is 11.3. The molecule has 0 spiro atoms. The maximum absolute atomic E-state index is 12.2. The first-order chi connectivity index (χ1) is 9.74. The first-order valence-electron chi connectivity index (χ1n) is 6.19. The molecule has 1 amide bonds. The quantitative estimate of drug-likeness (QED) is 0.777. The summed E-state index contributed by atoms with van der Waals surface area (Å²) in [5.74, 6) is -0.126. The summed E-state index contributed by atoms with van der Waals surface area (Å²) < 4.78 is 0. The summed E-state index contributed by atoms with van der Waals surface area (Å²) in [5.41, 5.74) is 2.31. The second-order valence-corrected chi connectivity index (χ2v) is 4.85. The van der Waals surface area contributed by atoms with E-state index >= 15 is 0 Å². The van der Waals surface area contributed by atoms with E-state index in [1.807, 2.05) is 24.3 Å². The predicted molar refractivity (Wildman–Crippen MR) is 78.7 cm³/mol. The van der Waals surface area contributed by atoms with Crippen molar-refractivity contribution in [1.82, 2.24) is 15.3 Å². The summed E-state index contributed by atoms with van der Waals surface area (Å²) in [7, 11) is 0. The molecule has 100 valence electrons. The fourth-order valence-corrected chi connectivity index (χ4v) is 2.15. The van der Waals surface area contributed by atoms with Gasteiger partial charge in [0, 0.05) is 29.3 Å². The van der Waals surface area contributed by atoms with Crippen LogP contribution in [0.5, 0.6) is 0 Å². The maximum atomic E-state index is 12.2. The summed E-state index contributed by atoms with van der Waals surface area (Å²) in [5, 5.41) is 4.39. The molecule has 0 bridgehead atoms. The summed E-state index contributed by atoms with van der Waals surface area (Å²) >= 11 is 5.82. The molecule has 2 N–H and O–H groups in total. The molecule has 0 aliphatic carbocycles. The zero-order chi connectivity index (χ0) is 13.9. The molecule has 0 aliphatic rings. The molecule has 1 aromatic carbocycles. The highest BCUT2D eigenvalue weighted by molar-refractivity contribution is 6.30. The van der Waals surface area contributed by atoms with Crippen LogP contribution in [0.15, 0.2) is 48.8 Å². The fourth-order valence-electron chi connectivity index (χ4n) is 2.02. The Morgan fingerprint density at radius 3 is 2.85 bits per heavy atom. The average molecular weight is 286 g/mol. The van der Waals surface area contributed by atoms with E-state index in [1.165, 1.54) is 0 Å². The van der Waals surface area contributed by atoms with Crippen LogP contribution in [0.25, 0.3) is 11.0 Å². The first kappa shape index (κ1) is 12.7. The number of aromatic nitrogens is 2. The monoisotopic (exact) mass is 285 g/mol. The summed E-state index contributed by atoms with van der Waals surface area (Å²) in [6, 6.07) is 11.1. The van der Waals surface area contributed by atoms with E-state index in [4.69, 9.17) is 11.6 Å². The Labute approximate surface area is 120 Å². The summed E-state index contributed by atoms with van der Waals surface area (Å²) in [6.07, 6.45) is 3.36. The lowest BCUT2D eigenvalue weighted by Crippen LogP contribution is -2.22. The van der Waals surface area contributed by atoms with Crippen LogP contribution in [-0.4, -0.2) is 15.9 Å². The molecular weight excluding hydrogens is 274 g/mol. The van der Waals surface area contributed by atoms with E-state index in [0.29, 0.717) is 22.8 Å². The van der Waals surface area contributed by atoms with Crippen LogP contribution < -0.4 is 5.32 Å². The summed E-state index contributed by atoms with van der Waals surface area (Å²) in [4.78, 5) is 19.3. The smallest absolute Gasteiger partial charge is 0.253 e. The van der Waals surface area contributed by atoms with E-state index in [1.54, 1.807) is 24.5 Å². The number of fused-ring (bicyclic) bond motifs is 1. The van der Waals surface area contributed by atoms with Crippen molar-refractivity contribution >= 4 is 28.5 Å². The van der Waals surface area contributed by atoms with Gasteiger partial charge in [0.25, 0.3) is 5.91 Å². The van der Waals surface area contributed by atoms with Gasteiger partial charge in [-0.3, -0.25) is 4.79 Å². The van der Waals surface area contributed by atoms with Gasteiger partial charge in [-0.25, -0.2) is 4.98 Å². The van der Waals surface area contributed by atoms with Gasteiger partial charge in [-0.05, 0) is 29.8 Å². The molecule has 0 saturated heterocycles. The Bertz CT molecular complexity index is 749. The molecule has 0 aliphatic heterocycles. The van der Waals surface area contributed by atoms with E-state index in [2.05, 4.69) is 15.3 Å². The highest BCUT2D eigenvalue weighted by atomic mass is 35.5. The number of amides is 1. The van der Waals surface area contributed by atoms with E-state index in [9.17, 15) is 4.79 Å². The first-order valence-corrected chi connectivity index (χ1v) is 6.56. The van der Waals surface area contributed by atoms with Gasteiger partial charge in [0.15, 0.2) is 0 Å². The van der Waals surface area contributed by atoms with Gasteiger partial charge in [0.05, 0.1) is 5.56 Å². The number of rotatable bonds is 3. The molecular formula is C15H12ClN3O. The molecule has 4 nitrogen and oxygen atoms in total. The molecule has 0 fully saturated rings. The number of hydrogen-bond acceptors (Lipinski definition) is 2. The fraction of sp³-hybridized carbons (Fsp3) is 0.0667. The van der Waals surface area contributed by atoms with Gasteiger partial charge >= 0.3 is 0 Å². The van der Waals surface area contributed by atoms with E-state index in [-0.39, 0.29) is 5.91 Å². The molecule has 20 heavy (non-hydrogen) atoms. The highest BCUT2D eigenvalue weighted by Gasteiger charge is 2.11. The number of halogens is 1. The zero-order valence-electron chi connectivity index (χ0n) is 10.6. The van der Waals surface area contributed by atoms with Crippen molar-refractivity contribution in [2.45, 2.75) is 6.54 Å². The number of carbonyl (C=O) groups is 1. The number of benzene rings is 1. The standard InChI is InChI=1S/C15H12ClN3O/c16-11-5-3-10(4-6-11)8-19-15(20)13-9-18-14-12(13)2-1-7-17-14/h1-7,9H,8H2,(H,17,18)(H,19,20). The molecule has 0 atom stereocenters. The molecule has 3 aromatic rings. The van der Waals surface area contributed by atoms with Gasteiger partial charge < -0.3 is 10.3 Å². The minimum Gasteiger partial charge on any atom is -0.348 e. The number of H-pyrrole nitrogens is 1. The lowest BCUT2D eigenvalue weighted by molar-refractivity contribution is 0.0952. The Hall–Kier alpha value is -2.33. The third-order valence-electron chi connectivity index (χ3n) is 3.06. The van der Waals surface area contributed by atoms with Crippen LogP contribution in [0.3, 0.4) is 0 Å². The molecule has 2 aromatic heterocycles. The lowest BCUT2D eigenvalue weighted by atomic mass is 10.2. The molecule has 3 rings (SSSR count). The number of aromatic amines is 1. The van der Waals surface area contributed by atoms with Crippen molar-refractivity contribution in [1.29, 1.82) is 0 Å². The Morgan fingerprint density at radius 1 is 1.25 bits per heavy atom. The number of pyridine rings is 1. The van der Waals surface area contributed by atoms with Gasteiger partial charge in [-0.2, -0.15) is 0 Å². The van der Waals surface area contributed by atoms with Crippen LogP contribution in [0.4, 0.5) is 0 Å². The van der Waals surface area contributed by atoms with Gasteiger partial charge in [-0.15, -0.1) is 0 Å². The van der Waals surface area contributed by atoms with Gasteiger partial charge in [0.1, 0.15) is 5.65 Å². The topological polar surface area (TPSA) is 57.8 Å². The van der Waals surface area contributed by atoms with Crippen molar-refractivity contribution in [3.8, 4) is 0 Å². The molecule has 2 heterocycles. The number of nitrogens with zero attached hydrogens (tertiary/aromatic N) is 1. The highest BCUT2D eigenvalue weighted by Crippen LogP contribution is 2.15.